The van der Waals surface area contributed by atoms with E-state index in [0.29, 0.717) is 0 Å². The van der Waals surface area contributed by atoms with Crippen LogP contribution in [0.15, 0.2) is 53.7 Å². The van der Waals surface area contributed by atoms with E-state index in [2.05, 4.69) is 33.1 Å². The number of aryl methyl sites for hydroxylation is 1. The molecule has 0 aliphatic carbocycles. The number of amides is 1. The fourth-order valence-electron chi connectivity index (χ4n) is 3.18. The Hall–Kier alpha value is -2.67. The van der Waals surface area contributed by atoms with Gasteiger partial charge in [-0.05, 0) is 51.0 Å². The summed E-state index contributed by atoms with van der Waals surface area (Å²) >= 11 is 1.39. The van der Waals surface area contributed by atoms with Crippen LogP contribution in [0.25, 0.3) is 11.4 Å². The Balaban J connectivity index is 1.73. The maximum Gasteiger partial charge on any atom is 0.233 e. The van der Waals surface area contributed by atoms with E-state index in [1.807, 2.05) is 39.0 Å². The van der Waals surface area contributed by atoms with Gasteiger partial charge in [-0.2, -0.15) is 0 Å². The van der Waals surface area contributed by atoms with Crippen molar-refractivity contribution in [1.29, 1.82) is 0 Å². The van der Waals surface area contributed by atoms with E-state index < -0.39 is 0 Å². The zero-order valence-electron chi connectivity index (χ0n) is 17.7. The summed E-state index contributed by atoms with van der Waals surface area (Å²) in [7, 11) is 0. The van der Waals surface area contributed by atoms with Crippen LogP contribution in [0.1, 0.15) is 44.4 Å². The summed E-state index contributed by atoms with van der Waals surface area (Å²) in [5, 5.41) is 12.1. The van der Waals surface area contributed by atoms with Gasteiger partial charge in [0.2, 0.25) is 5.91 Å². The molecule has 0 fully saturated rings. The lowest BCUT2D eigenvalue weighted by atomic mass is 10.1. The molecule has 0 aliphatic heterocycles. The van der Waals surface area contributed by atoms with Crippen molar-refractivity contribution in [2.24, 2.45) is 0 Å². The average Bonchev–Trinajstić information content (AvgIpc) is 3.11. The number of thioether (sulfide) groups is 1. The van der Waals surface area contributed by atoms with E-state index in [-0.39, 0.29) is 23.0 Å². The number of benzene rings is 2. The van der Waals surface area contributed by atoms with Crippen molar-refractivity contribution < 1.29 is 9.18 Å². The van der Waals surface area contributed by atoms with Crippen LogP contribution >= 0.6 is 11.8 Å². The van der Waals surface area contributed by atoms with Gasteiger partial charge < -0.3 is 9.88 Å². The topological polar surface area (TPSA) is 59.8 Å². The minimum Gasteiger partial charge on any atom is -0.349 e. The van der Waals surface area contributed by atoms with Crippen LogP contribution in [0.5, 0.6) is 0 Å². The number of aromatic nitrogens is 3. The molecular formula is C23H27FN4OS. The molecule has 30 heavy (non-hydrogen) atoms. The lowest BCUT2D eigenvalue weighted by Gasteiger charge is -2.18. The van der Waals surface area contributed by atoms with Gasteiger partial charge in [0.05, 0.1) is 11.3 Å². The Labute approximate surface area is 181 Å². The first-order valence-electron chi connectivity index (χ1n) is 10.1. The minimum absolute atomic E-state index is 0.0972. The zero-order chi connectivity index (χ0) is 21.7. The normalized spacial score (nSPS) is 13.1. The molecule has 0 aliphatic rings. The third-order valence-electron chi connectivity index (χ3n) is 4.82. The number of hydrogen-bond donors (Lipinski definition) is 1. The SMILES string of the molecule is CCCn1c(S[C@@H](C)C(=O)N[C@@H](C)c2ccc(F)cc2)nnc1-c1cccc(C)c1. The molecule has 1 N–H and O–H groups in total. The molecule has 1 aromatic heterocycles. The molecule has 3 aromatic rings. The Morgan fingerprint density at radius 1 is 1.17 bits per heavy atom. The summed E-state index contributed by atoms with van der Waals surface area (Å²) in [6.07, 6.45) is 0.937. The van der Waals surface area contributed by atoms with Crippen LogP contribution in [0.4, 0.5) is 4.39 Å². The van der Waals surface area contributed by atoms with E-state index in [1.54, 1.807) is 12.1 Å². The molecule has 0 saturated heterocycles. The van der Waals surface area contributed by atoms with E-state index in [9.17, 15) is 9.18 Å². The Morgan fingerprint density at radius 2 is 1.90 bits per heavy atom. The largest absolute Gasteiger partial charge is 0.349 e. The molecule has 1 heterocycles. The van der Waals surface area contributed by atoms with Crippen LogP contribution in [0.2, 0.25) is 0 Å². The molecule has 0 spiro atoms. The lowest BCUT2D eigenvalue weighted by Crippen LogP contribution is -2.33. The molecule has 3 rings (SSSR count). The molecule has 1 amide bonds. The third kappa shape index (κ3) is 5.27. The van der Waals surface area contributed by atoms with Crippen molar-refractivity contribution in [3.05, 3.63) is 65.5 Å². The van der Waals surface area contributed by atoms with Crippen LogP contribution in [-0.4, -0.2) is 25.9 Å². The molecule has 0 unspecified atom stereocenters. The second-order valence-corrected chi connectivity index (χ2v) is 8.68. The molecule has 2 atom stereocenters. The highest BCUT2D eigenvalue weighted by Gasteiger charge is 2.22. The fourth-order valence-corrected chi connectivity index (χ4v) is 4.06. The Kier molecular flexibility index (Phi) is 7.26. The molecule has 7 heteroatoms. The summed E-state index contributed by atoms with van der Waals surface area (Å²) in [6.45, 7) is 8.68. The second-order valence-electron chi connectivity index (χ2n) is 7.37. The van der Waals surface area contributed by atoms with Gasteiger partial charge in [-0.1, -0.05) is 54.6 Å². The van der Waals surface area contributed by atoms with Crippen molar-refractivity contribution in [1.82, 2.24) is 20.1 Å². The van der Waals surface area contributed by atoms with Crippen molar-refractivity contribution in [2.75, 3.05) is 0 Å². The first-order valence-corrected chi connectivity index (χ1v) is 11.0. The van der Waals surface area contributed by atoms with Gasteiger partial charge >= 0.3 is 0 Å². The van der Waals surface area contributed by atoms with Gasteiger partial charge in [-0.25, -0.2) is 4.39 Å². The average molecular weight is 427 g/mol. The maximum atomic E-state index is 13.1. The van der Waals surface area contributed by atoms with Crippen LogP contribution < -0.4 is 5.32 Å². The van der Waals surface area contributed by atoms with Crippen molar-refractivity contribution in [3.63, 3.8) is 0 Å². The first-order chi connectivity index (χ1) is 14.4. The number of nitrogens with zero attached hydrogens (tertiary/aromatic N) is 3. The molecular weight excluding hydrogens is 399 g/mol. The quantitative estimate of drug-likeness (QED) is 0.506. The van der Waals surface area contributed by atoms with Crippen molar-refractivity contribution >= 4 is 17.7 Å². The monoisotopic (exact) mass is 426 g/mol. The van der Waals surface area contributed by atoms with Gasteiger partial charge in [0.1, 0.15) is 5.82 Å². The molecule has 0 bridgehead atoms. The molecule has 0 radical (unpaired) electrons. The van der Waals surface area contributed by atoms with Gasteiger partial charge in [0, 0.05) is 12.1 Å². The van der Waals surface area contributed by atoms with Crippen LogP contribution in [0, 0.1) is 12.7 Å². The number of carbonyl (C=O) groups excluding carboxylic acids is 1. The summed E-state index contributed by atoms with van der Waals surface area (Å²) in [5.74, 6) is 0.427. The van der Waals surface area contributed by atoms with E-state index in [4.69, 9.17) is 0 Å². The van der Waals surface area contributed by atoms with Crippen molar-refractivity contribution in [2.45, 2.75) is 57.1 Å². The Bertz CT molecular complexity index is 1000. The Morgan fingerprint density at radius 3 is 2.57 bits per heavy atom. The molecule has 2 aromatic carbocycles. The maximum absolute atomic E-state index is 13.1. The zero-order valence-corrected chi connectivity index (χ0v) is 18.5. The highest BCUT2D eigenvalue weighted by Crippen LogP contribution is 2.28. The number of halogens is 1. The summed E-state index contributed by atoms with van der Waals surface area (Å²) in [4.78, 5) is 12.7. The first kappa shape index (κ1) is 22.0. The van der Waals surface area contributed by atoms with E-state index in [1.165, 1.54) is 23.9 Å². The predicted octanol–water partition coefficient (Wildman–Crippen LogP) is 5.16. The summed E-state index contributed by atoms with van der Waals surface area (Å²) in [6, 6.07) is 14.1. The van der Waals surface area contributed by atoms with Gasteiger partial charge in [0.25, 0.3) is 0 Å². The number of carbonyl (C=O) groups is 1. The van der Waals surface area contributed by atoms with Gasteiger partial charge in [0.15, 0.2) is 11.0 Å². The standard InChI is InChI=1S/C23H27FN4OS/c1-5-13-28-21(19-8-6-7-15(2)14-19)26-27-23(28)30-17(4)22(29)25-16(3)18-9-11-20(24)12-10-18/h6-12,14,16-17H,5,13H2,1-4H3,(H,25,29)/t16-,17-/m0/s1. The molecule has 0 saturated carbocycles. The predicted molar refractivity (Wildman–Crippen MR) is 119 cm³/mol. The van der Waals surface area contributed by atoms with E-state index in [0.717, 1.165) is 40.6 Å². The summed E-state index contributed by atoms with van der Waals surface area (Å²) in [5.41, 5.74) is 3.04. The van der Waals surface area contributed by atoms with Crippen molar-refractivity contribution in [3.8, 4) is 11.4 Å². The third-order valence-corrected chi connectivity index (χ3v) is 5.90. The summed E-state index contributed by atoms with van der Waals surface area (Å²) < 4.78 is 15.2. The molecule has 158 valence electrons. The smallest absolute Gasteiger partial charge is 0.233 e. The van der Waals surface area contributed by atoms with Gasteiger partial charge in [-0.15, -0.1) is 10.2 Å². The fraction of sp³-hybridized carbons (Fsp3) is 0.348. The molecule has 5 nitrogen and oxygen atoms in total. The van der Waals surface area contributed by atoms with Gasteiger partial charge in [-0.3, -0.25) is 4.79 Å². The minimum atomic E-state index is -0.349. The van der Waals surface area contributed by atoms with Crippen LogP contribution in [0.3, 0.4) is 0 Å². The van der Waals surface area contributed by atoms with E-state index >= 15 is 0 Å². The highest BCUT2D eigenvalue weighted by molar-refractivity contribution is 8.00. The number of rotatable bonds is 8. The van der Waals surface area contributed by atoms with Crippen LogP contribution in [-0.2, 0) is 11.3 Å². The number of nitrogens with one attached hydrogen (secondary N) is 1. The second kappa shape index (κ2) is 9.89. The highest BCUT2D eigenvalue weighted by atomic mass is 32.2. The number of hydrogen-bond acceptors (Lipinski definition) is 4. The lowest BCUT2D eigenvalue weighted by molar-refractivity contribution is -0.120.